The first-order valence-electron chi connectivity index (χ1n) is 6.41. The fraction of sp³-hybridized carbons (Fsp3) is 0.333. The number of hydrogen-bond donors (Lipinski definition) is 1. The molecule has 0 fully saturated rings. The van der Waals surface area contributed by atoms with Gasteiger partial charge in [-0.1, -0.05) is 30.3 Å². The highest BCUT2D eigenvalue weighted by Crippen LogP contribution is 2.25. The van der Waals surface area contributed by atoms with Gasteiger partial charge in [-0.3, -0.25) is 4.90 Å². The fourth-order valence-electron chi connectivity index (χ4n) is 2.55. The van der Waals surface area contributed by atoms with Gasteiger partial charge in [0.05, 0.1) is 0 Å². The van der Waals surface area contributed by atoms with E-state index in [1.54, 1.807) is 4.88 Å². The highest BCUT2D eigenvalue weighted by atomic mass is 32.1. The van der Waals surface area contributed by atoms with Gasteiger partial charge in [0.2, 0.25) is 0 Å². The molecule has 0 spiro atoms. The van der Waals surface area contributed by atoms with E-state index in [1.165, 1.54) is 17.5 Å². The molecule has 94 valence electrons. The summed E-state index contributed by atoms with van der Waals surface area (Å²) >= 11 is 1.88. The minimum Gasteiger partial charge on any atom is -0.323 e. The Hall–Kier alpha value is -1.16. The number of hydrogen-bond acceptors (Lipinski definition) is 3. The lowest BCUT2D eigenvalue weighted by atomic mass is 10.0. The van der Waals surface area contributed by atoms with Gasteiger partial charge in [-0.15, -0.1) is 11.3 Å². The molecule has 0 amide bonds. The SMILES string of the molecule is N[C@H](CN1CCc2sccc2C1)c1ccccc1. The largest absolute Gasteiger partial charge is 0.323 e. The van der Waals surface area contributed by atoms with E-state index < -0.39 is 0 Å². The van der Waals surface area contributed by atoms with Gasteiger partial charge in [0.25, 0.3) is 0 Å². The van der Waals surface area contributed by atoms with Crippen molar-refractivity contribution in [2.24, 2.45) is 5.73 Å². The average Bonchev–Trinajstić information content (AvgIpc) is 2.87. The van der Waals surface area contributed by atoms with Gasteiger partial charge in [-0.25, -0.2) is 0 Å². The molecule has 3 rings (SSSR count). The van der Waals surface area contributed by atoms with Crippen LogP contribution in [0.1, 0.15) is 22.0 Å². The van der Waals surface area contributed by atoms with Crippen LogP contribution in [0.3, 0.4) is 0 Å². The second-order valence-corrected chi connectivity index (χ2v) is 5.87. The van der Waals surface area contributed by atoms with Crippen molar-refractivity contribution in [1.29, 1.82) is 0 Å². The van der Waals surface area contributed by atoms with Gasteiger partial charge in [-0.05, 0) is 29.0 Å². The molecule has 1 atom stereocenters. The van der Waals surface area contributed by atoms with Crippen LogP contribution >= 0.6 is 11.3 Å². The molecule has 1 aromatic carbocycles. The van der Waals surface area contributed by atoms with E-state index in [0.717, 1.165) is 19.6 Å². The van der Waals surface area contributed by atoms with Gasteiger partial charge in [0, 0.05) is 30.6 Å². The summed E-state index contributed by atoms with van der Waals surface area (Å²) in [4.78, 5) is 4.02. The predicted molar refractivity (Wildman–Crippen MR) is 76.7 cm³/mol. The van der Waals surface area contributed by atoms with Crippen LogP contribution < -0.4 is 5.73 Å². The Labute approximate surface area is 112 Å². The van der Waals surface area contributed by atoms with Crippen LogP contribution in [0.2, 0.25) is 0 Å². The van der Waals surface area contributed by atoms with Gasteiger partial charge in [0.1, 0.15) is 0 Å². The third-order valence-electron chi connectivity index (χ3n) is 3.57. The molecule has 1 aliphatic heterocycles. The standard InChI is InChI=1S/C15H18N2S/c16-14(12-4-2-1-3-5-12)11-17-8-6-15-13(10-17)7-9-18-15/h1-5,7,9,14H,6,8,10-11,16H2/t14-/m1/s1. The summed E-state index contributed by atoms with van der Waals surface area (Å²) in [7, 11) is 0. The molecule has 0 radical (unpaired) electrons. The lowest BCUT2D eigenvalue weighted by Crippen LogP contribution is -2.35. The molecule has 0 saturated carbocycles. The Morgan fingerprint density at radius 2 is 2.06 bits per heavy atom. The molecule has 0 unspecified atom stereocenters. The number of fused-ring (bicyclic) bond motifs is 1. The van der Waals surface area contributed by atoms with Crippen molar-refractivity contribution in [2.45, 2.75) is 19.0 Å². The Morgan fingerprint density at radius 3 is 2.89 bits per heavy atom. The number of nitrogens with two attached hydrogens (primary N) is 1. The summed E-state index contributed by atoms with van der Waals surface area (Å²) in [5, 5.41) is 2.20. The second kappa shape index (κ2) is 5.22. The number of benzene rings is 1. The van der Waals surface area contributed by atoms with Crippen molar-refractivity contribution in [2.75, 3.05) is 13.1 Å². The molecule has 0 bridgehead atoms. The predicted octanol–water partition coefficient (Wildman–Crippen LogP) is 2.81. The molecular weight excluding hydrogens is 240 g/mol. The van der Waals surface area contributed by atoms with Crippen molar-refractivity contribution in [3.63, 3.8) is 0 Å². The smallest absolute Gasteiger partial charge is 0.0424 e. The molecule has 2 nitrogen and oxygen atoms in total. The first-order chi connectivity index (χ1) is 8.83. The number of nitrogens with zero attached hydrogens (tertiary/aromatic N) is 1. The first kappa shape index (κ1) is 11.9. The minimum atomic E-state index is 0.117. The monoisotopic (exact) mass is 258 g/mol. The van der Waals surface area contributed by atoms with E-state index in [2.05, 4.69) is 40.6 Å². The number of rotatable bonds is 3. The minimum absolute atomic E-state index is 0.117. The lowest BCUT2D eigenvalue weighted by molar-refractivity contribution is 0.240. The van der Waals surface area contributed by atoms with Crippen molar-refractivity contribution in [3.8, 4) is 0 Å². The zero-order valence-electron chi connectivity index (χ0n) is 10.4. The molecule has 0 aliphatic carbocycles. The molecule has 0 saturated heterocycles. The fourth-order valence-corrected chi connectivity index (χ4v) is 3.44. The highest BCUT2D eigenvalue weighted by molar-refractivity contribution is 7.10. The Balaban J connectivity index is 1.65. The maximum atomic E-state index is 6.28. The molecular formula is C15H18N2S. The quantitative estimate of drug-likeness (QED) is 0.917. The zero-order chi connectivity index (χ0) is 12.4. The summed E-state index contributed by atoms with van der Waals surface area (Å²) in [5.74, 6) is 0. The molecule has 18 heavy (non-hydrogen) atoms. The lowest BCUT2D eigenvalue weighted by Gasteiger charge is -2.29. The van der Waals surface area contributed by atoms with Crippen LogP contribution in [0.4, 0.5) is 0 Å². The average molecular weight is 258 g/mol. The Bertz CT molecular complexity index is 506. The van der Waals surface area contributed by atoms with Gasteiger partial charge >= 0.3 is 0 Å². The van der Waals surface area contributed by atoms with Crippen LogP contribution in [0.5, 0.6) is 0 Å². The second-order valence-electron chi connectivity index (χ2n) is 4.87. The Morgan fingerprint density at radius 1 is 1.22 bits per heavy atom. The topological polar surface area (TPSA) is 29.3 Å². The van der Waals surface area contributed by atoms with E-state index in [1.807, 2.05) is 17.4 Å². The van der Waals surface area contributed by atoms with Gasteiger partial charge in [-0.2, -0.15) is 0 Å². The maximum absolute atomic E-state index is 6.28. The first-order valence-corrected chi connectivity index (χ1v) is 7.29. The molecule has 1 aliphatic rings. The van der Waals surface area contributed by atoms with Gasteiger partial charge < -0.3 is 5.73 Å². The zero-order valence-corrected chi connectivity index (χ0v) is 11.2. The molecule has 2 aromatic rings. The summed E-state index contributed by atoms with van der Waals surface area (Å²) in [6.07, 6.45) is 1.18. The van der Waals surface area contributed by atoms with Gasteiger partial charge in [0.15, 0.2) is 0 Å². The summed E-state index contributed by atoms with van der Waals surface area (Å²) in [5.41, 5.74) is 9.00. The Kier molecular flexibility index (Phi) is 3.46. The molecule has 1 aromatic heterocycles. The van der Waals surface area contributed by atoms with E-state index >= 15 is 0 Å². The third kappa shape index (κ3) is 2.48. The summed E-state index contributed by atoms with van der Waals surface area (Å²) < 4.78 is 0. The highest BCUT2D eigenvalue weighted by Gasteiger charge is 2.19. The molecule has 2 N–H and O–H groups in total. The summed E-state index contributed by atoms with van der Waals surface area (Å²) in [6, 6.07) is 12.8. The van der Waals surface area contributed by atoms with E-state index in [4.69, 9.17) is 5.73 Å². The van der Waals surface area contributed by atoms with E-state index in [-0.39, 0.29) is 6.04 Å². The van der Waals surface area contributed by atoms with Crippen LogP contribution in [0.15, 0.2) is 41.8 Å². The molecule has 3 heteroatoms. The normalized spacial score (nSPS) is 17.4. The van der Waals surface area contributed by atoms with Crippen molar-refractivity contribution >= 4 is 11.3 Å². The van der Waals surface area contributed by atoms with Crippen LogP contribution in [0.25, 0.3) is 0 Å². The maximum Gasteiger partial charge on any atom is 0.0424 e. The van der Waals surface area contributed by atoms with Crippen molar-refractivity contribution in [3.05, 3.63) is 57.8 Å². The summed E-state index contributed by atoms with van der Waals surface area (Å²) in [6.45, 7) is 3.13. The number of thiophene rings is 1. The van der Waals surface area contributed by atoms with E-state index in [0.29, 0.717) is 0 Å². The van der Waals surface area contributed by atoms with Crippen molar-refractivity contribution < 1.29 is 0 Å². The molecule has 2 heterocycles. The van der Waals surface area contributed by atoms with Crippen LogP contribution in [0, 0.1) is 0 Å². The van der Waals surface area contributed by atoms with Crippen LogP contribution in [-0.2, 0) is 13.0 Å². The van der Waals surface area contributed by atoms with Crippen molar-refractivity contribution in [1.82, 2.24) is 4.90 Å². The van der Waals surface area contributed by atoms with E-state index in [9.17, 15) is 0 Å². The van der Waals surface area contributed by atoms with Crippen LogP contribution in [-0.4, -0.2) is 18.0 Å². The third-order valence-corrected chi connectivity index (χ3v) is 4.59.